The summed E-state index contributed by atoms with van der Waals surface area (Å²) >= 11 is 0. The maximum atomic E-state index is 11.5. The summed E-state index contributed by atoms with van der Waals surface area (Å²) in [5.41, 5.74) is -0.249. The summed E-state index contributed by atoms with van der Waals surface area (Å²) in [5.74, 6) is -0.303. The molecular formula is C9H15N3O2. The van der Waals surface area contributed by atoms with Gasteiger partial charge in [0.2, 0.25) is 0 Å². The largest absolute Gasteiger partial charge is 0.467 e. The lowest BCUT2D eigenvalue weighted by atomic mass is 9.87. The van der Waals surface area contributed by atoms with Gasteiger partial charge in [-0.15, -0.1) is 5.10 Å². The van der Waals surface area contributed by atoms with Crippen molar-refractivity contribution in [3.63, 3.8) is 0 Å². The lowest BCUT2D eigenvalue weighted by Crippen LogP contribution is -2.33. The van der Waals surface area contributed by atoms with Crippen LogP contribution in [0.3, 0.4) is 0 Å². The molecule has 0 N–H and O–H groups in total. The third-order valence-corrected chi connectivity index (χ3v) is 1.95. The lowest BCUT2D eigenvalue weighted by Gasteiger charge is -2.27. The van der Waals surface area contributed by atoms with Crippen LogP contribution < -0.4 is 0 Å². The van der Waals surface area contributed by atoms with Crippen LogP contribution in [0.5, 0.6) is 0 Å². The average molecular weight is 197 g/mol. The zero-order valence-electron chi connectivity index (χ0n) is 8.89. The number of hydrogen-bond donors (Lipinski definition) is 0. The van der Waals surface area contributed by atoms with Crippen LogP contribution in [0.4, 0.5) is 0 Å². The molecule has 0 aliphatic rings. The molecular weight excluding hydrogens is 182 g/mol. The first-order valence-corrected chi connectivity index (χ1v) is 4.40. The summed E-state index contributed by atoms with van der Waals surface area (Å²) in [4.78, 5) is 11.5. The molecule has 5 heteroatoms. The van der Waals surface area contributed by atoms with Crippen molar-refractivity contribution in [2.24, 2.45) is 5.41 Å². The summed E-state index contributed by atoms with van der Waals surface area (Å²) in [6.45, 7) is 5.86. The molecule has 1 atom stereocenters. The Bertz CT molecular complexity index is 300. The predicted octanol–water partition coefficient (Wildman–Crippen LogP) is 1.04. The monoisotopic (exact) mass is 197 g/mol. The molecule has 0 bridgehead atoms. The van der Waals surface area contributed by atoms with Gasteiger partial charge in [-0.3, -0.25) is 0 Å². The highest BCUT2D eigenvalue weighted by Crippen LogP contribution is 2.30. The number of nitrogens with zero attached hydrogens (tertiary/aromatic N) is 3. The molecule has 0 saturated carbocycles. The van der Waals surface area contributed by atoms with E-state index < -0.39 is 6.04 Å². The number of carbonyl (C=O) groups is 1. The van der Waals surface area contributed by atoms with Crippen molar-refractivity contribution in [2.45, 2.75) is 26.8 Å². The maximum Gasteiger partial charge on any atom is 0.331 e. The van der Waals surface area contributed by atoms with Gasteiger partial charge < -0.3 is 4.74 Å². The molecule has 0 fully saturated rings. The number of carbonyl (C=O) groups excluding carboxylic acids is 1. The maximum absolute atomic E-state index is 11.5. The van der Waals surface area contributed by atoms with Crippen molar-refractivity contribution in [3.05, 3.63) is 12.4 Å². The van der Waals surface area contributed by atoms with Crippen molar-refractivity contribution in [2.75, 3.05) is 7.11 Å². The first-order valence-electron chi connectivity index (χ1n) is 4.40. The summed E-state index contributed by atoms with van der Waals surface area (Å²) in [6.07, 6.45) is 3.20. The Kier molecular flexibility index (Phi) is 2.88. The molecule has 1 aromatic rings. The molecule has 0 saturated heterocycles. The van der Waals surface area contributed by atoms with Crippen molar-refractivity contribution >= 4 is 5.97 Å². The van der Waals surface area contributed by atoms with Gasteiger partial charge in [-0.2, -0.15) is 0 Å². The first-order chi connectivity index (χ1) is 6.46. The fourth-order valence-corrected chi connectivity index (χ4v) is 1.33. The quantitative estimate of drug-likeness (QED) is 0.665. The zero-order chi connectivity index (χ0) is 10.8. The minimum atomic E-state index is -0.435. The molecule has 0 radical (unpaired) electrons. The first kappa shape index (κ1) is 10.7. The van der Waals surface area contributed by atoms with Gasteiger partial charge >= 0.3 is 5.97 Å². The molecule has 0 aliphatic heterocycles. The fourth-order valence-electron chi connectivity index (χ4n) is 1.33. The second-order valence-corrected chi connectivity index (χ2v) is 4.17. The standard InChI is InChI=1S/C9H15N3O2/c1-9(2,3)7(8(13)14-4)12-6-5-10-11-12/h5-7H,1-4H3. The van der Waals surface area contributed by atoms with Crippen LogP contribution in [0.1, 0.15) is 26.8 Å². The van der Waals surface area contributed by atoms with Crippen molar-refractivity contribution in [3.8, 4) is 0 Å². The van der Waals surface area contributed by atoms with Gasteiger partial charge in [0, 0.05) is 6.20 Å². The number of aromatic nitrogens is 3. The van der Waals surface area contributed by atoms with Gasteiger partial charge in [0.1, 0.15) is 0 Å². The Morgan fingerprint density at radius 3 is 2.50 bits per heavy atom. The Balaban J connectivity index is 3.01. The molecule has 0 amide bonds. The second kappa shape index (κ2) is 3.77. The molecule has 1 rings (SSSR count). The van der Waals surface area contributed by atoms with E-state index in [0.717, 1.165) is 0 Å². The minimum absolute atomic E-state index is 0.249. The van der Waals surface area contributed by atoms with Gasteiger partial charge in [-0.05, 0) is 5.41 Å². The van der Waals surface area contributed by atoms with E-state index in [1.165, 1.54) is 11.8 Å². The fraction of sp³-hybridized carbons (Fsp3) is 0.667. The zero-order valence-corrected chi connectivity index (χ0v) is 8.89. The van der Waals surface area contributed by atoms with Crippen LogP contribution in [-0.4, -0.2) is 28.1 Å². The number of hydrogen-bond acceptors (Lipinski definition) is 4. The molecule has 5 nitrogen and oxygen atoms in total. The van der Waals surface area contributed by atoms with Gasteiger partial charge in [-0.25, -0.2) is 9.48 Å². The highest BCUT2D eigenvalue weighted by Gasteiger charge is 2.34. The minimum Gasteiger partial charge on any atom is -0.467 e. The molecule has 78 valence electrons. The Hall–Kier alpha value is -1.39. The highest BCUT2D eigenvalue weighted by atomic mass is 16.5. The van der Waals surface area contributed by atoms with E-state index in [0.29, 0.717) is 0 Å². The number of esters is 1. The smallest absolute Gasteiger partial charge is 0.331 e. The van der Waals surface area contributed by atoms with E-state index in [1.54, 1.807) is 12.4 Å². The molecule has 0 spiro atoms. The van der Waals surface area contributed by atoms with E-state index in [-0.39, 0.29) is 11.4 Å². The van der Waals surface area contributed by atoms with E-state index in [9.17, 15) is 4.79 Å². The topological polar surface area (TPSA) is 57.0 Å². The van der Waals surface area contributed by atoms with Crippen LogP contribution in [0.2, 0.25) is 0 Å². The summed E-state index contributed by atoms with van der Waals surface area (Å²) in [7, 11) is 1.37. The average Bonchev–Trinajstić information content (AvgIpc) is 2.54. The third-order valence-electron chi connectivity index (χ3n) is 1.95. The van der Waals surface area contributed by atoms with Crippen LogP contribution in [0.25, 0.3) is 0 Å². The highest BCUT2D eigenvalue weighted by molar-refractivity contribution is 5.74. The van der Waals surface area contributed by atoms with Crippen LogP contribution in [0, 0.1) is 5.41 Å². The molecule has 0 aromatic carbocycles. The summed E-state index contributed by atoms with van der Waals surface area (Å²) in [6, 6.07) is -0.435. The third kappa shape index (κ3) is 2.10. The summed E-state index contributed by atoms with van der Waals surface area (Å²) < 4.78 is 6.25. The second-order valence-electron chi connectivity index (χ2n) is 4.17. The summed E-state index contributed by atoms with van der Waals surface area (Å²) in [5, 5.41) is 7.50. The van der Waals surface area contributed by atoms with Crippen LogP contribution in [0.15, 0.2) is 12.4 Å². The van der Waals surface area contributed by atoms with Crippen LogP contribution in [-0.2, 0) is 9.53 Å². The number of methoxy groups -OCH3 is 1. The van der Waals surface area contributed by atoms with Gasteiger partial charge in [-0.1, -0.05) is 26.0 Å². The Morgan fingerprint density at radius 1 is 1.50 bits per heavy atom. The molecule has 1 unspecified atom stereocenters. The Labute approximate surface area is 83.1 Å². The van der Waals surface area contributed by atoms with Crippen molar-refractivity contribution < 1.29 is 9.53 Å². The molecule has 1 aromatic heterocycles. The van der Waals surface area contributed by atoms with Gasteiger partial charge in [0.05, 0.1) is 13.3 Å². The van der Waals surface area contributed by atoms with Crippen LogP contribution >= 0.6 is 0 Å². The Morgan fingerprint density at radius 2 is 2.14 bits per heavy atom. The van der Waals surface area contributed by atoms with Gasteiger partial charge in [0.15, 0.2) is 6.04 Å². The van der Waals surface area contributed by atoms with E-state index in [2.05, 4.69) is 10.3 Å². The number of ether oxygens (including phenoxy) is 1. The molecule has 1 heterocycles. The van der Waals surface area contributed by atoms with E-state index in [4.69, 9.17) is 4.74 Å². The normalized spacial score (nSPS) is 13.7. The van der Waals surface area contributed by atoms with Gasteiger partial charge in [0.25, 0.3) is 0 Å². The van der Waals surface area contributed by atoms with E-state index in [1.807, 2.05) is 20.8 Å². The molecule has 0 aliphatic carbocycles. The van der Waals surface area contributed by atoms with Crippen molar-refractivity contribution in [1.29, 1.82) is 0 Å². The lowest BCUT2D eigenvalue weighted by molar-refractivity contribution is -0.148. The predicted molar refractivity (Wildman–Crippen MR) is 50.5 cm³/mol. The number of rotatable bonds is 2. The SMILES string of the molecule is COC(=O)C(n1ccnn1)C(C)(C)C. The molecule has 14 heavy (non-hydrogen) atoms. The van der Waals surface area contributed by atoms with E-state index >= 15 is 0 Å². The van der Waals surface area contributed by atoms with Crippen molar-refractivity contribution in [1.82, 2.24) is 15.0 Å².